The van der Waals surface area contributed by atoms with E-state index in [9.17, 15) is 0 Å². The summed E-state index contributed by atoms with van der Waals surface area (Å²) in [7, 11) is 0. The molecular weight excluding hydrogens is 356 g/mol. The molecule has 1 fully saturated rings. The summed E-state index contributed by atoms with van der Waals surface area (Å²) in [6.45, 7) is 11.1. The van der Waals surface area contributed by atoms with Crippen LogP contribution in [0.25, 0.3) is 0 Å². The Hall–Kier alpha value is -2.06. The molecule has 0 saturated carbocycles. The molecule has 0 spiro atoms. The maximum Gasteiger partial charge on any atom is 0.240 e. The second kappa shape index (κ2) is 8.53. The molecule has 2 aromatic rings. The maximum atomic E-state index is 5.53. The Bertz CT molecular complexity index is 800. The fourth-order valence-electron chi connectivity index (χ4n) is 4.09. The molecule has 28 heavy (non-hydrogen) atoms. The van der Waals surface area contributed by atoms with Gasteiger partial charge in [0.25, 0.3) is 0 Å². The molecule has 3 heterocycles. The minimum absolute atomic E-state index is 0.133. The fraction of sp³-hybridized carbons (Fsp3) is 0.700. The number of hydrogen-bond donors (Lipinski definition) is 0. The van der Waals surface area contributed by atoms with E-state index < -0.39 is 0 Å². The summed E-state index contributed by atoms with van der Waals surface area (Å²) in [5, 5.41) is 4.06. The first-order chi connectivity index (χ1) is 13.6. The predicted molar refractivity (Wildman–Crippen MR) is 105 cm³/mol. The third-order valence-corrected chi connectivity index (χ3v) is 5.57. The third kappa shape index (κ3) is 4.17. The van der Waals surface area contributed by atoms with Gasteiger partial charge < -0.3 is 14.2 Å². The van der Waals surface area contributed by atoms with Crippen molar-refractivity contribution in [3.63, 3.8) is 0 Å². The van der Waals surface area contributed by atoms with Crippen LogP contribution in [0.1, 0.15) is 61.6 Å². The van der Waals surface area contributed by atoms with Gasteiger partial charge in [0.1, 0.15) is 17.7 Å². The molecule has 1 aliphatic heterocycles. The third-order valence-electron chi connectivity index (χ3n) is 5.57. The molecule has 8 nitrogen and oxygen atoms in total. The van der Waals surface area contributed by atoms with Crippen LogP contribution < -0.4 is 4.90 Å². The molecular formula is C20H30N6O2. The Morgan fingerprint density at radius 1 is 1.07 bits per heavy atom. The van der Waals surface area contributed by atoms with Gasteiger partial charge in [0.2, 0.25) is 5.89 Å². The van der Waals surface area contributed by atoms with Crippen molar-refractivity contribution >= 4 is 5.82 Å². The van der Waals surface area contributed by atoms with Gasteiger partial charge in [-0.2, -0.15) is 4.98 Å². The molecule has 4 rings (SSSR count). The first-order valence-corrected chi connectivity index (χ1v) is 10.4. The molecule has 1 saturated heterocycles. The highest BCUT2D eigenvalue weighted by Gasteiger charge is 2.25. The van der Waals surface area contributed by atoms with E-state index in [1.54, 1.807) is 0 Å². The summed E-state index contributed by atoms with van der Waals surface area (Å²) in [5.41, 5.74) is 2.63. The van der Waals surface area contributed by atoms with E-state index in [2.05, 4.69) is 24.9 Å². The molecule has 1 atom stereocenters. The van der Waals surface area contributed by atoms with E-state index in [1.807, 2.05) is 20.8 Å². The Morgan fingerprint density at radius 2 is 1.86 bits per heavy atom. The summed E-state index contributed by atoms with van der Waals surface area (Å²) in [5.74, 6) is 3.33. The molecule has 2 aromatic heterocycles. The van der Waals surface area contributed by atoms with Crippen molar-refractivity contribution in [1.29, 1.82) is 0 Å². The zero-order chi connectivity index (χ0) is 19.5. The molecule has 152 valence electrons. The fourth-order valence-corrected chi connectivity index (χ4v) is 4.09. The minimum atomic E-state index is -0.133. The van der Waals surface area contributed by atoms with E-state index in [0.717, 1.165) is 50.7 Å². The van der Waals surface area contributed by atoms with Crippen molar-refractivity contribution in [2.24, 2.45) is 0 Å². The molecule has 0 amide bonds. The average molecular weight is 387 g/mol. The standard InChI is InChI=1S/C20H30N6O2/c1-4-27-14(2)19-23-18(28-24-19)13-25-9-11-26(12-10-25)20-16-7-5-6-8-17(16)21-15(3)22-20/h14H,4-13H2,1-3H3. The van der Waals surface area contributed by atoms with Crippen LogP contribution in [0.5, 0.6) is 0 Å². The molecule has 8 heteroatoms. The van der Waals surface area contributed by atoms with Gasteiger partial charge in [0, 0.05) is 44.0 Å². The molecule has 0 N–H and O–H groups in total. The SMILES string of the molecule is CCOC(C)c1noc(CN2CCN(c3nc(C)nc4c3CCCC4)CC2)n1. The van der Waals surface area contributed by atoms with Gasteiger partial charge >= 0.3 is 0 Å². The summed E-state index contributed by atoms with van der Waals surface area (Å²) >= 11 is 0. The Kier molecular flexibility index (Phi) is 5.87. The van der Waals surface area contributed by atoms with Crippen LogP contribution in [-0.2, 0) is 24.1 Å². The number of aromatic nitrogens is 4. The van der Waals surface area contributed by atoms with E-state index in [0.29, 0.717) is 24.9 Å². The largest absolute Gasteiger partial charge is 0.371 e. The van der Waals surface area contributed by atoms with E-state index in [-0.39, 0.29) is 6.10 Å². The number of fused-ring (bicyclic) bond motifs is 1. The lowest BCUT2D eigenvalue weighted by Gasteiger charge is -2.36. The van der Waals surface area contributed by atoms with Gasteiger partial charge in [-0.05, 0) is 46.5 Å². The quantitative estimate of drug-likeness (QED) is 0.749. The van der Waals surface area contributed by atoms with Crippen LogP contribution in [0.3, 0.4) is 0 Å². The van der Waals surface area contributed by atoms with Crippen LogP contribution in [0.4, 0.5) is 5.82 Å². The van der Waals surface area contributed by atoms with Crippen molar-refractivity contribution in [2.75, 3.05) is 37.7 Å². The van der Waals surface area contributed by atoms with Gasteiger partial charge in [0.15, 0.2) is 5.82 Å². The van der Waals surface area contributed by atoms with Gasteiger partial charge in [0.05, 0.1) is 6.54 Å². The molecule has 0 radical (unpaired) electrons. The number of aryl methyl sites for hydroxylation is 2. The highest BCUT2D eigenvalue weighted by atomic mass is 16.5. The number of ether oxygens (including phenoxy) is 1. The molecule has 0 aromatic carbocycles. The summed E-state index contributed by atoms with van der Waals surface area (Å²) < 4.78 is 11.0. The number of anilines is 1. The monoisotopic (exact) mass is 386 g/mol. The second-order valence-electron chi connectivity index (χ2n) is 7.63. The molecule has 2 aliphatic rings. The lowest BCUT2D eigenvalue weighted by Crippen LogP contribution is -2.46. The zero-order valence-corrected chi connectivity index (χ0v) is 17.1. The normalized spacial score (nSPS) is 18.9. The van der Waals surface area contributed by atoms with Crippen molar-refractivity contribution in [3.05, 3.63) is 28.8 Å². The topological polar surface area (TPSA) is 80.4 Å². The van der Waals surface area contributed by atoms with Crippen molar-refractivity contribution in [2.45, 2.75) is 59.1 Å². The Morgan fingerprint density at radius 3 is 2.64 bits per heavy atom. The molecule has 1 unspecified atom stereocenters. The van der Waals surface area contributed by atoms with Gasteiger partial charge in [-0.1, -0.05) is 5.16 Å². The average Bonchev–Trinajstić information content (AvgIpc) is 3.17. The minimum Gasteiger partial charge on any atom is -0.371 e. The highest BCUT2D eigenvalue weighted by Crippen LogP contribution is 2.28. The van der Waals surface area contributed by atoms with Gasteiger partial charge in [-0.15, -0.1) is 0 Å². The molecule has 0 bridgehead atoms. The predicted octanol–water partition coefficient (Wildman–Crippen LogP) is 2.47. The van der Waals surface area contributed by atoms with Crippen LogP contribution in [0, 0.1) is 6.92 Å². The van der Waals surface area contributed by atoms with E-state index in [4.69, 9.17) is 14.2 Å². The summed E-state index contributed by atoms with van der Waals surface area (Å²) in [6.07, 6.45) is 4.54. The summed E-state index contributed by atoms with van der Waals surface area (Å²) in [4.78, 5) is 18.8. The van der Waals surface area contributed by atoms with E-state index in [1.165, 1.54) is 24.1 Å². The Labute approximate surface area is 166 Å². The Balaban J connectivity index is 1.37. The van der Waals surface area contributed by atoms with Crippen LogP contribution in [0.15, 0.2) is 4.52 Å². The number of hydrogen-bond acceptors (Lipinski definition) is 8. The van der Waals surface area contributed by atoms with Crippen LogP contribution >= 0.6 is 0 Å². The first-order valence-electron chi connectivity index (χ1n) is 10.4. The first kappa shape index (κ1) is 19.3. The highest BCUT2D eigenvalue weighted by molar-refractivity contribution is 5.50. The number of rotatable bonds is 6. The van der Waals surface area contributed by atoms with Crippen molar-refractivity contribution in [1.82, 2.24) is 25.0 Å². The van der Waals surface area contributed by atoms with Crippen molar-refractivity contribution in [3.8, 4) is 0 Å². The van der Waals surface area contributed by atoms with Crippen LogP contribution in [-0.4, -0.2) is 57.8 Å². The summed E-state index contributed by atoms with van der Waals surface area (Å²) in [6, 6.07) is 0. The van der Waals surface area contributed by atoms with Crippen LogP contribution in [0.2, 0.25) is 0 Å². The number of piperazine rings is 1. The van der Waals surface area contributed by atoms with Gasteiger partial charge in [-0.3, -0.25) is 4.90 Å². The van der Waals surface area contributed by atoms with Crippen molar-refractivity contribution < 1.29 is 9.26 Å². The molecule has 1 aliphatic carbocycles. The smallest absolute Gasteiger partial charge is 0.240 e. The lowest BCUT2D eigenvalue weighted by atomic mass is 9.96. The second-order valence-corrected chi connectivity index (χ2v) is 7.63. The van der Waals surface area contributed by atoms with E-state index >= 15 is 0 Å². The number of nitrogens with zero attached hydrogens (tertiary/aromatic N) is 6. The lowest BCUT2D eigenvalue weighted by molar-refractivity contribution is 0.0683. The van der Waals surface area contributed by atoms with Gasteiger partial charge in [-0.25, -0.2) is 9.97 Å². The zero-order valence-electron chi connectivity index (χ0n) is 17.1. The maximum absolute atomic E-state index is 5.53.